The Bertz CT molecular complexity index is 1620. The summed E-state index contributed by atoms with van der Waals surface area (Å²) in [6, 6.07) is 0. The lowest BCUT2D eigenvalue weighted by Crippen LogP contribution is -2.29. The van der Waals surface area contributed by atoms with E-state index in [4.69, 9.17) is 24.3 Å². The second kappa shape index (κ2) is 55.5. The van der Waals surface area contributed by atoms with Crippen molar-refractivity contribution in [2.75, 3.05) is 26.4 Å². The van der Waals surface area contributed by atoms with E-state index in [2.05, 4.69) is 148 Å². The first kappa shape index (κ1) is 67.1. The van der Waals surface area contributed by atoms with Crippen LogP contribution in [0.15, 0.2) is 134 Å². The molecule has 0 aliphatic rings. The average Bonchev–Trinajstić information content (AvgIpc) is 3.36. The summed E-state index contributed by atoms with van der Waals surface area (Å²) in [4.78, 5) is 35.0. The maximum atomic E-state index is 12.7. The van der Waals surface area contributed by atoms with E-state index in [9.17, 15) is 19.0 Å². The monoisotopic (exact) mass is 1010 g/mol. The first-order chi connectivity index (χ1) is 34.8. The normalized spacial score (nSPS) is 14.1. The molecule has 2 unspecified atom stereocenters. The van der Waals surface area contributed by atoms with Crippen LogP contribution in [0.3, 0.4) is 0 Å². The van der Waals surface area contributed by atoms with Gasteiger partial charge in [0.05, 0.1) is 13.2 Å². The Hall–Kier alpha value is -3.85. The predicted octanol–water partition coefficient (Wildman–Crippen LogP) is 17.4. The second-order valence-corrected chi connectivity index (χ2v) is 19.2. The van der Waals surface area contributed by atoms with Crippen LogP contribution in [-0.4, -0.2) is 49.3 Å². The summed E-state index contributed by atoms with van der Waals surface area (Å²) in [6.07, 6.45) is 77.9. The molecule has 0 heterocycles. The van der Waals surface area contributed by atoms with Crippen LogP contribution < -0.4 is 5.73 Å². The van der Waals surface area contributed by atoms with Crippen LogP contribution in [0.4, 0.5) is 0 Å². The zero-order valence-electron chi connectivity index (χ0n) is 44.7. The molecule has 2 atom stereocenters. The van der Waals surface area contributed by atoms with E-state index in [1.807, 2.05) is 0 Å². The van der Waals surface area contributed by atoms with Crippen molar-refractivity contribution < 1.29 is 37.6 Å². The topological polar surface area (TPSA) is 134 Å². The van der Waals surface area contributed by atoms with Crippen molar-refractivity contribution in [1.82, 2.24) is 0 Å². The van der Waals surface area contributed by atoms with Crippen molar-refractivity contribution in [1.29, 1.82) is 0 Å². The molecule has 0 fully saturated rings. The molecule has 0 saturated heterocycles. The summed E-state index contributed by atoms with van der Waals surface area (Å²) in [7, 11) is -4.40. The third-order valence-corrected chi connectivity index (χ3v) is 12.0. The molecule has 71 heavy (non-hydrogen) atoms. The van der Waals surface area contributed by atoms with Crippen LogP contribution in [0.25, 0.3) is 0 Å². The fraction of sp³-hybridized carbons (Fsp3) is 0.607. The minimum Gasteiger partial charge on any atom is -0.462 e. The lowest BCUT2D eigenvalue weighted by atomic mass is 10.1. The van der Waals surface area contributed by atoms with Gasteiger partial charge in [-0.3, -0.25) is 18.6 Å². The van der Waals surface area contributed by atoms with Crippen molar-refractivity contribution in [3.8, 4) is 0 Å². The van der Waals surface area contributed by atoms with E-state index >= 15 is 0 Å². The van der Waals surface area contributed by atoms with Gasteiger partial charge in [-0.05, 0) is 116 Å². The number of carbonyl (C=O) groups is 2. The van der Waals surface area contributed by atoms with E-state index in [1.54, 1.807) is 0 Å². The summed E-state index contributed by atoms with van der Waals surface area (Å²) >= 11 is 0. The summed E-state index contributed by atoms with van der Waals surface area (Å²) in [5.41, 5.74) is 5.36. The molecule has 0 bridgehead atoms. The van der Waals surface area contributed by atoms with Crippen molar-refractivity contribution >= 4 is 19.8 Å². The fourth-order valence-electron chi connectivity index (χ4n) is 6.95. The molecule has 9 nitrogen and oxygen atoms in total. The van der Waals surface area contributed by atoms with Gasteiger partial charge in [0.1, 0.15) is 6.61 Å². The number of phosphoric ester groups is 1. The number of carbonyl (C=O) groups excluding carboxylic acids is 2. The van der Waals surface area contributed by atoms with E-state index in [-0.39, 0.29) is 32.6 Å². The molecule has 0 aromatic heterocycles. The highest BCUT2D eigenvalue weighted by atomic mass is 31.2. The molecule has 0 rings (SSSR count). The van der Waals surface area contributed by atoms with E-state index in [0.717, 1.165) is 135 Å². The van der Waals surface area contributed by atoms with Gasteiger partial charge in [0, 0.05) is 19.4 Å². The number of rotatable bonds is 50. The SMILES string of the molecule is CC/C=C\C/C=C\C/C=C\C/C=C\C/C=C\C/C=C\C/C=C\C/C=C\C/C=C\C/C=C\CCCCCCCCC(=O)OC(COC(=O)CCCCCCC/C=C\CCCCCC)COP(=O)(O)OCCN. The molecular formula is C61H100NO8P. The number of allylic oxidation sites excluding steroid dienone is 22. The third kappa shape index (κ3) is 55.3. The van der Waals surface area contributed by atoms with Gasteiger partial charge in [0.25, 0.3) is 0 Å². The van der Waals surface area contributed by atoms with Gasteiger partial charge in [0.15, 0.2) is 6.10 Å². The Labute approximate surface area is 434 Å². The maximum Gasteiger partial charge on any atom is 0.472 e. The molecule has 10 heteroatoms. The minimum absolute atomic E-state index is 0.0430. The van der Waals surface area contributed by atoms with Gasteiger partial charge in [0.2, 0.25) is 0 Å². The second-order valence-electron chi connectivity index (χ2n) is 17.7. The average molecular weight is 1010 g/mol. The van der Waals surface area contributed by atoms with Crippen LogP contribution in [0.5, 0.6) is 0 Å². The van der Waals surface area contributed by atoms with Crippen molar-refractivity contribution in [2.45, 2.75) is 213 Å². The van der Waals surface area contributed by atoms with Gasteiger partial charge in [-0.1, -0.05) is 212 Å². The van der Waals surface area contributed by atoms with E-state index in [0.29, 0.717) is 12.8 Å². The minimum atomic E-state index is -4.40. The van der Waals surface area contributed by atoms with Gasteiger partial charge >= 0.3 is 19.8 Å². The van der Waals surface area contributed by atoms with Crippen molar-refractivity contribution in [3.63, 3.8) is 0 Å². The Morgan fingerprint density at radius 2 is 0.775 bits per heavy atom. The number of nitrogens with two attached hydrogens (primary N) is 1. The Kier molecular flexibility index (Phi) is 52.5. The first-order valence-corrected chi connectivity index (χ1v) is 29.2. The van der Waals surface area contributed by atoms with Crippen LogP contribution in [-0.2, 0) is 32.7 Å². The number of hydrogen-bond donors (Lipinski definition) is 2. The molecule has 0 amide bonds. The summed E-state index contributed by atoms with van der Waals surface area (Å²) in [6.45, 7) is 3.56. The van der Waals surface area contributed by atoms with Crippen LogP contribution >= 0.6 is 7.82 Å². The molecule has 0 aromatic rings. The lowest BCUT2D eigenvalue weighted by molar-refractivity contribution is -0.161. The van der Waals surface area contributed by atoms with Crippen molar-refractivity contribution in [3.05, 3.63) is 134 Å². The van der Waals surface area contributed by atoms with Crippen molar-refractivity contribution in [2.24, 2.45) is 5.73 Å². The Morgan fingerprint density at radius 1 is 0.437 bits per heavy atom. The van der Waals surface area contributed by atoms with E-state index in [1.165, 1.54) is 32.1 Å². The van der Waals surface area contributed by atoms with Gasteiger partial charge in [-0.25, -0.2) is 4.57 Å². The van der Waals surface area contributed by atoms with Gasteiger partial charge in [-0.15, -0.1) is 0 Å². The molecular weight excluding hydrogens is 906 g/mol. The molecule has 402 valence electrons. The van der Waals surface area contributed by atoms with Crippen LogP contribution in [0, 0.1) is 0 Å². The number of phosphoric acid groups is 1. The van der Waals surface area contributed by atoms with Crippen LogP contribution in [0.2, 0.25) is 0 Å². The lowest BCUT2D eigenvalue weighted by Gasteiger charge is -2.19. The van der Waals surface area contributed by atoms with Gasteiger partial charge < -0.3 is 20.1 Å². The van der Waals surface area contributed by atoms with Gasteiger partial charge in [-0.2, -0.15) is 0 Å². The highest BCUT2D eigenvalue weighted by Crippen LogP contribution is 2.43. The third-order valence-electron chi connectivity index (χ3n) is 11.0. The summed E-state index contributed by atoms with van der Waals surface area (Å²) < 4.78 is 32.9. The first-order valence-electron chi connectivity index (χ1n) is 27.7. The molecule has 0 aromatic carbocycles. The molecule has 0 aliphatic heterocycles. The van der Waals surface area contributed by atoms with Crippen LogP contribution in [0.1, 0.15) is 206 Å². The largest absolute Gasteiger partial charge is 0.472 e. The zero-order chi connectivity index (χ0) is 51.7. The summed E-state index contributed by atoms with van der Waals surface area (Å²) in [5, 5.41) is 0. The smallest absolute Gasteiger partial charge is 0.462 e. The Balaban J connectivity index is 4.05. The highest BCUT2D eigenvalue weighted by molar-refractivity contribution is 7.47. The molecule has 3 N–H and O–H groups in total. The molecule has 0 saturated carbocycles. The quantitative estimate of drug-likeness (QED) is 0.0264. The number of esters is 2. The molecule has 0 radical (unpaired) electrons. The fourth-order valence-corrected chi connectivity index (χ4v) is 7.72. The maximum absolute atomic E-state index is 12.7. The summed E-state index contributed by atoms with van der Waals surface area (Å²) in [5.74, 6) is -0.865. The number of ether oxygens (including phenoxy) is 2. The standard InChI is InChI=1S/C61H100NO8P/c1-3-5-7-9-11-13-15-17-18-19-20-21-22-23-24-25-26-27-28-29-30-31-32-33-34-35-36-37-38-39-40-42-44-46-48-50-52-54-61(64)70-59(58-69-71(65,66)68-56-55-62)57-67-60(63)53-51-49-47-45-43-41-16-14-12-10-8-6-4-2/h5,7,11,13-14,16-18,20-21,23-24,26-27,29-30,32-33,35-36,38-39,59H,3-4,6,8-10,12,15,19,22,25,28,31,34,37,40-58,62H2,1-2H3,(H,65,66)/b7-5-,13-11-,16-14-,18-17-,21-20-,24-23-,27-26-,30-29-,33-32-,36-35-,39-38-. The number of unbranched alkanes of at least 4 members (excludes halogenated alkanes) is 15. The predicted molar refractivity (Wildman–Crippen MR) is 302 cm³/mol. The highest BCUT2D eigenvalue weighted by Gasteiger charge is 2.26. The Morgan fingerprint density at radius 3 is 1.17 bits per heavy atom. The number of hydrogen-bond acceptors (Lipinski definition) is 8. The molecule has 0 spiro atoms. The zero-order valence-corrected chi connectivity index (χ0v) is 45.5. The van der Waals surface area contributed by atoms with E-state index < -0.39 is 32.5 Å². The molecule has 0 aliphatic carbocycles.